The summed E-state index contributed by atoms with van der Waals surface area (Å²) in [7, 11) is 1.59. The summed E-state index contributed by atoms with van der Waals surface area (Å²) >= 11 is 0. The predicted octanol–water partition coefficient (Wildman–Crippen LogP) is 1.67. The van der Waals surface area contributed by atoms with Gasteiger partial charge in [-0.3, -0.25) is 0 Å². The molecule has 1 atom stereocenters. The Bertz CT molecular complexity index is 289. The first-order valence-electron chi connectivity index (χ1n) is 5.26. The predicted molar refractivity (Wildman–Crippen MR) is 62.2 cm³/mol. The molecule has 0 aliphatic rings. The molecule has 1 aromatic rings. The second-order valence-corrected chi connectivity index (χ2v) is 3.50. The summed E-state index contributed by atoms with van der Waals surface area (Å²) in [6, 6.07) is 8.13. The van der Waals surface area contributed by atoms with E-state index in [1.165, 1.54) is 5.56 Å². The van der Waals surface area contributed by atoms with E-state index in [1.54, 1.807) is 7.11 Å². The molecule has 0 saturated carbocycles. The molecule has 3 heteroatoms. The smallest absolute Gasteiger partial charge is 0.0945 e. The highest BCUT2D eigenvalue weighted by Crippen LogP contribution is 2.15. The van der Waals surface area contributed by atoms with E-state index in [1.807, 2.05) is 18.2 Å². The Hall–Kier alpha value is -1.06. The largest absolute Gasteiger partial charge is 0.389 e. The Morgan fingerprint density at radius 3 is 2.80 bits per heavy atom. The van der Waals surface area contributed by atoms with Crippen LogP contribution in [0.15, 0.2) is 24.3 Å². The molecule has 84 valence electrons. The zero-order chi connectivity index (χ0) is 11.1. The van der Waals surface area contributed by atoms with Crippen LogP contribution in [0.25, 0.3) is 0 Å². The first kappa shape index (κ1) is 12.0. The number of aryl methyl sites for hydroxylation is 1. The second-order valence-electron chi connectivity index (χ2n) is 3.50. The molecule has 1 rings (SSSR count). The van der Waals surface area contributed by atoms with E-state index in [-0.39, 0.29) is 0 Å². The van der Waals surface area contributed by atoms with Gasteiger partial charge in [-0.15, -0.1) is 0 Å². The molecule has 1 aromatic carbocycles. The van der Waals surface area contributed by atoms with Crippen LogP contribution in [0.5, 0.6) is 0 Å². The van der Waals surface area contributed by atoms with E-state index >= 15 is 0 Å². The number of benzene rings is 1. The molecule has 3 nitrogen and oxygen atoms in total. The van der Waals surface area contributed by atoms with Crippen LogP contribution in [0.4, 0.5) is 5.69 Å². The van der Waals surface area contributed by atoms with Gasteiger partial charge in [0.2, 0.25) is 0 Å². The van der Waals surface area contributed by atoms with Crippen LogP contribution in [0, 0.1) is 0 Å². The molecular weight excluding hydrogens is 190 g/mol. The summed E-state index contributed by atoms with van der Waals surface area (Å²) in [6.07, 6.45) is 0.531. The van der Waals surface area contributed by atoms with E-state index in [0.717, 1.165) is 12.1 Å². The number of hydrogen-bond donors (Lipinski definition) is 2. The van der Waals surface area contributed by atoms with Crippen LogP contribution in [-0.2, 0) is 11.2 Å². The van der Waals surface area contributed by atoms with E-state index in [9.17, 15) is 5.11 Å². The number of rotatable bonds is 6. The van der Waals surface area contributed by atoms with Crippen molar-refractivity contribution in [1.82, 2.24) is 0 Å². The average Bonchev–Trinajstić information content (AvgIpc) is 2.27. The number of anilines is 1. The minimum atomic E-state index is -0.458. The van der Waals surface area contributed by atoms with Crippen molar-refractivity contribution in [2.45, 2.75) is 19.4 Å². The summed E-state index contributed by atoms with van der Waals surface area (Å²) in [5, 5.41) is 12.7. The number of hydrogen-bond acceptors (Lipinski definition) is 3. The fourth-order valence-corrected chi connectivity index (χ4v) is 1.48. The standard InChI is InChI=1S/C12H19NO2/c1-3-10-6-4-5-7-12(10)13-8-11(14)9-15-2/h4-7,11,13-14H,3,8-9H2,1-2H3. The van der Waals surface area contributed by atoms with E-state index in [4.69, 9.17) is 4.74 Å². The molecule has 0 aromatic heterocycles. The van der Waals surface area contributed by atoms with Crippen LogP contribution < -0.4 is 5.32 Å². The molecule has 0 aliphatic heterocycles. The lowest BCUT2D eigenvalue weighted by Gasteiger charge is -2.14. The van der Waals surface area contributed by atoms with Crippen molar-refractivity contribution < 1.29 is 9.84 Å². The van der Waals surface area contributed by atoms with Crippen molar-refractivity contribution in [3.05, 3.63) is 29.8 Å². The number of nitrogens with one attached hydrogen (secondary N) is 1. The third-order valence-electron chi connectivity index (χ3n) is 2.29. The molecule has 0 saturated heterocycles. The lowest BCUT2D eigenvalue weighted by Crippen LogP contribution is -2.24. The number of para-hydroxylation sites is 1. The summed E-state index contributed by atoms with van der Waals surface area (Å²) in [6.45, 7) is 3.00. The third kappa shape index (κ3) is 3.90. The Balaban J connectivity index is 2.49. The fourth-order valence-electron chi connectivity index (χ4n) is 1.48. The van der Waals surface area contributed by atoms with Crippen LogP contribution in [0.2, 0.25) is 0 Å². The van der Waals surface area contributed by atoms with Crippen molar-refractivity contribution in [3.63, 3.8) is 0 Å². The number of ether oxygens (including phenoxy) is 1. The highest BCUT2D eigenvalue weighted by molar-refractivity contribution is 5.51. The number of aliphatic hydroxyl groups is 1. The topological polar surface area (TPSA) is 41.5 Å². The molecule has 0 bridgehead atoms. The molecule has 1 unspecified atom stereocenters. The van der Waals surface area contributed by atoms with Gasteiger partial charge in [0.1, 0.15) is 0 Å². The van der Waals surface area contributed by atoms with E-state index < -0.39 is 6.10 Å². The summed E-state index contributed by atoms with van der Waals surface area (Å²) in [4.78, 5) is 0. The maximum absolute atomic E-state index is 9.49. The van der Waals surface area contributed by atoms with Gasteiger partial charge in [-0.1, -0.05) is 25.1 Å². The van der Waals surface area contributed by atoms with Crippen LogP contribution in [-0.4, -0.2) is 31.5 Å². The summed E-state index contributed by atoms with van der Waals surface area (Å²) < 4.78 is 4.86. The molecule has 0 heterocycles. The normalized spacial score (nSPS) is 12.5. The third-order valence-corrected chi connectivity index (χ3v) is 2.29. The lowest BCUT2D eigenvalue weighted by molar-refractivity contribution is 0.0727. The number of methoxy groups -OCH3 is 1. The molecule has 0 aliphatic carbocycles. The van der Waals surface area contributed by atoms with E-state index in [2.05, 4.69) is 18.3 Å². The molecule has 0 amide bonds. The highest BCUT2D eigenvalue weighted by Gasteiger charge is 2.04. The van der Waals surface area contributed by atoms with Gasteiger partial charge in [0.15, 0.2) is 0 Å². The van der Waals surface area contributed by atoms with Gasteiger partial charge < -0.3 is 15.2 Å². The monoisotopic (exact) mass is 209 g/mol. The SMILES string of the molecule is CCc1ccccc1NCC(O)COC. The minimum absolute atomic E-state index is 0.362. The molecule has 2 N–H and O–H groups in total. The van der Waals surface area contributed by atoms with Crippen LogP contribution in [0.1, 0.15) is 12.5 Å². The van der Waals surface area contributed by atoms with Gasteiger partial charge in [0, 0.05) is 19.3 Å². The molecular formula is C12H19NO2. The van der Waals surface area contributed by atoms with Crippen molar-refractivity contribution in [1.29, 1.82) is 0 Å². The van der Waals surface area contributed by atoms with Crippen LogP contribution in [0.3, 0.4) is 0 Å². The summed E-state index contributed by atoms with van der Waals surface area (Å²) in [5.41, 5.74) is 2.36. The van der Waals surface area contributed by atoms with Gasteiger partial charge in [-0.25, -0.2) is 0 Å². The Morgan fingerprint density at radius 2 is 2.13 bits per heavy atom. The van der Waals surface area contributed by atoms with Gasteiger partial charge in [0.25, 0.3) is 0 Å². The van der Waals surface area contributed by atoms with E-state index in [0.29, 0.717) is 13.2 Å². The zero-order valence-corrected chi connectivity index (χ0v) is 9.36. The molecule has 0 fully saturated rings. The minimum Gasteiger partial charge on any atom is -0.389 e. The quantitative estimate of drug-likeness (QED) is 0.749. The first-order chi connectivity index (χ1) is 7.27. The van der Waals surface area contributed by atoms with Crippen LogP contribution >= 0.6 is 0 Å². The van der Waals surface area contributed by atoms with Crippen molar-refractivity contribution >= 4 is 5.69 Å². The Labute approximate surface area is 91.1 Å². The molecule has 15 heavy (non-hydrogen) atoms. The van der Waals surface area contributed by atoms with Gasteiger partial charge in [-0.2, -0.15) is 0 Å². The van der Waals surface area contributed by atoms with Gasteiger partial charge in [0.05, 0.1) is 12.7 Å². The first-order valence-corrected chi connectivity index (χ1v) is 5.26. The maximum atomic E-state index is 9.49. The molecule has 0 radical (unpaired) electrons. The van der Waals surface area contributed by atoms with Crippen molar-refractivity contribution in [3.8, 4) is 0 Å². The fraction of sp³-hybridized carbons (Fsp3) is 0.500. The second kappa shape index (κ2) is 6.43. The van der Waals surface area contributed by atoms with Gasteiger partial charge in [-0.05, 0) is 18.1 Å². The lowest BCUT2D eigenvalue weighted by atomic mass is 10.1. The number of aliphatic hydroxyl groups excluding tert-OH is 1. The highest BCUT2D eigenvalue weighted by atomic mass is 16.5. The molecule has 0 spiro atoms. The van der Waals surface area contributed by atoms with Crippen molar-refractivity contribution in [2.75, 3.05) is 25.6 Å². The van der Waals surface area contributed by atoms with Crippen molar-refractivity contribution in [2.24, 2.45) is 0 Å². The Kier molecular flexibility index (Phi) is 5.15. The summed E-state index contributed by atoms with van der Waals surface area (Å²) in [5.74, 6) is 0. The Morgan fingerprint density at radius 1 is 1.40 bits per heavy atom. The zero-order valence-electron chi connectivity index (χ0n) is 9.36. The average molecular weight is 209 g/mol. The maximum Gasteiger partial charge on any atom is 0.0945 e. The van der Waals surface area contributed by atoms with Gasteiger partial charge >= 0.3 is 0 Å².